The Kier molecular flexibility index (Phi) is 16.5. The molecule has 1 N–H and O–H groups in total. The van der Waals surface area contributed by atoms with Gasteiger partial charge in [-0.2, -0.15) is 0 Å². The fraction of sp³-hybridized carbons (Fsp3) is 0.333. The number of rotatable bonds is 16. The van der Waals surface area contributed by atoms with E-state index in [4.69, 9.17) is 14.2 Å². The number of hydrogen-bond acceptors (Lipinski definition) is 5. The number of benzene rings is 5. The molecule has 0 aliphatic heterocycles. The summed E-state index contributed by atoms with van der Waals surface area (Å²) in [6, 6.07) is 24.9. The highest BCUT2D eigenvalue weighted by Gasteiger charge is 2.26. The Morgan fingerprint density at radius 1 is 0.621 bits per heavy atom. The molecule has 5 aromatic carbocycles. The van der Waals surface area contributed by atoms with Gasteiger partial charge in [-0.1, -0.05) is 63.3 Å². The molecule has 5 aromatic rings. The first kappa shape index (κ1) is 43.6. The second-order valence-electron chi connectivity index (χ2n) is 14.3. The first-order valence-electron chi connectivity index (χ1n) is 20.0. The molecule has 0 unspecified atom stereocenters. The lowest BCUT2D eigenvalue weighted by atomic mass is 9.80. The van der Waals surface area contributed by atoms with Crippen molar-refractivity contribution in [3.63, 3.8) is 0 Å². The van der Waals surface area contributed by atoms with Crippen LogP contribution in [0.3, 0.4) is 0 Å². The largest absolute Gasteiger partial charge is 0.494 e. The summed E-state index contributed by atoms with van der Waals surface area (Å²) in [6.45, 7) is 5.49. The van der Waals surface area contributed by atoms with Crippen molar-refractivity contribution in [1.29, 1.82) is 0 Å². The van der Waals surface area contributed by atoms with Crippen molar-refractivity contribution in [2.75, 3.05) is 13.2 Å². The number of carbonyl (C=O) groups excluding carboxylic acids is 1. The zero-order chi connectivity index (χ0) is 41.4. The number of ether oxygens (including phenoxy) is 3. The minimum absolute atomic E-state index is 0.0984. The van der Waals surface area contributed by atoms with E-state index in [1.165, 1.54) is 68.1 Å². The van der Waals surface area contributed by atoms with Crippen LogP contribution in [0.5, 0.6) is 11.5 Å². The number of carbonyl (C=O) groups is 2. The van der Waals surface area contributed by atoms with Crippen LogP contribution in [0.2, 0.25) is 0 Å². The number of unbranched alkanes of at least 4 members (excludes halogenated alkanes) is 5. The number of hydrogen-bond donors (Lipinski definition) is 1. The molecule has 10 heteroatoms. The maximum Gasteiger partial charge on any atom is 0.346 e. The molecular formula is C48H50F4O6. The van der Waals surface area contributed by atoms with E-state index in [9.17, 15) is 32.3 Å². The second-order valence-corrected chi connectivity index (χ2v) is 14.3. The molecule has 1 saturated carbocycles. The van der Waals surface area contributed by atoms with Crippen LogP contribution in [0.1, 0.15) is 110 Å². The predicted octanol–water partition coefficient (Wildman–Crippen LogP) is 13.0. The summed E-state index contributed by atoms with van der Waals surface area (Å²) in [5.41, 5.74) is 2.83. The van der Waals surface area contributed by atoms with Gasteiger partial charge in [0, 0.05) is 18.2 Å². The van der Waals surface area contributed by atoms with E-state index in [-0.39, 0.29) is 34.5 Å². The molecule has 1 fully saturated rings. The van der Waals surface area contributed by atoms with Crippen molar-refractivity contribution in [1.82, 2.24) is 0 Å². The van der Waals surface area contributed by atoms with E-state index < -0.39 is 29.4 Å². The maximum atomic E-state index is 14.5. The van der Waals surface area contributed by atoms with Crippen molar-refractivity contribution in [2.45, 2.75) is 90.1 Å². The number of esters is 1. The first-order valence-corrected chi connectivity index (χ1v) is 20.0. The number of aromatic carboxylic acids is 1. The zero-order valence-corrected chi connectivity index (χ0v) is 33.0. The van der Waals surface area contributed by atoms with Gasteiger partial charge in [-0.25, -0.2) is 27.2 Å². The second kappa shape index (κ2) is 21.9. The molecule has 0 amide bonds. The van der Waals surface area contributed by atoms with Gasteiger partial charge in [-0.05, 0) is 140 Å². The van der Waals surface area contributed by atoms with E-state index in [0.29, 0.717) is 47.0 Å². The molecule has 1 aliphatic rings. The number of carboxylic acid groups (broad SMARTS) is 1. The molecule has 0 saturated heterocycles. The third kappa shape index (κ3) is 12.5. The van der Waals surface area contributed by atoms with E-state index in [1.807, 2.05) is 6.92 Å². The lowest BCUT2D eigenvalue weighted by Crippen LogP contribution is -2.21. The first-order chi connectivity index (χ1) is 28.1. The Bertz CT molecular complexity index is 2090. The minimum atomic E-state index is -0.988. The molecule has 0 atom stereocenters. The SMILES string of the molecule is CCCCCCCCOc1ccc(OC(=O)c2ccc(-c3ccc(F)cc3)cc2F)cc1.CCO[C@H]1CC[C@H](c2cc(-c3ccc(F)cc3F)ccc2C(=O)O)CC1. The number of carboxylic acids is 1. The quantitative estimate of drug-likeness (QED) is 0.0463. The van der Waals surface area contributed by atoms with Crippen LogP contribution in [-0.4, -0.2) is 36.4 Å². The zero-order valence-electron chi connectivity index (χ0n) is 33.0. The van der Waals surface area contributed by atoms with E-state index in [1.54, 1.807) is 54.6 Å². The lowest BCUT2D eigenvalue weighted by molar-refractivity contribution is 0.0327. The standard InChI is InChI=1S/C27H28F2O3.C21H22F2O3/c1-2-3-4-5-6-7-18-31-23-13-15-24(16-14-23)32-27(30)25-17-10-21(19-26(25)29)20-8-11-22(28)12-9-20;1-2-26-16-7-3-13(4-8-16)19-11-14(5-9-18(19)21(24)25)17-10-6-15(22)12-20(17)23/h8-17,19H,2-7,18H2,1H3;5-6,9-13,16H,2-4,7-8H2,1H3,(H,24,25)/t;13-,16-. The fourth-order valence-corrected chi connectivity index (χ4v) is 7.10. The van der Waals surface area contributed by atoms with Crippen LogP contribution in [0.15, 0.2) is 103 Å². The van der Waals surface area contributed by atoms with Crippen LogP contribution in [0.25, 0.3) is 22.3 Å². The topological polar surface area (TPSA) is 82.1 Å². The average molecular weight is 799 g/mol. The van der Waals surface area contributed by atoms with Crippen molar-refractivity contribution < 1.29 is 46.5 Å². The number of halogens is 4. The molecule has 1 aliphatic carbocycles. The Labute approximate surface area is 337 Å². The lowest BCUT2D eigenvalue weighted by Gasteiger charge is -2.29. The predicted molar refractivity (Wildman–Crippen MR) is 217 cm³/mol. The highest BCUT2D eigenvalue weighted by molar-refractivity contribution is 5.92. The van der Waals surface area contributed by atoms with Gasteiger partial charge in [0.15, 0.2) is 0 Å². The minimum Gasteiger partial charge on any atom is -0.494 e. The third-order valence-corrected chi connectivity index (χ3v) is 10.2. The Balaban J connectivity index is 0.000000226. The fourth-order valence-electron chi connectivity index (χ4n) is 7.10. The normalized spacial score (nSPS) is 14.9. The average Bonchev–Trinajstić information content (AvgIpc) is 3.22. The summed E-state index contributed by atoms with van der Waals surface area (Å²) in [5, 5.41) is 9.54. The molecule has 0 aromatic heterocycles. The van der Waals surface area contributed by atoms with E-state index in [0.717, 1.165) is 44.6 Å². The van der Waals surface area contributed by atoms with Crippen molar-refractivity contribution in [2.24, 2.45) is 0 Å². The molecule has 6 nitrogen and oxygen atoms in total. The Hall–Kier alpha value is -5.48. The molecule has 0 spiro atoms. The molecule has 306 valence electrons. The molecule has 6 rings (SSSR count). The van der Waals surface area contributed by atoms with Gasteiger partial charge >= 0.3 is 11.9 Å². The Morgan fingerprint density at radius 3 is 1.90 bits per heavy atom. The Morgan fingerprint density at radius 2 is 1.24 bits per heavy atom. The third-order valence-electron chi connectivity index (χ3n) is 10.2. The summed E-state index contributed by atoms with van der Waals surface area (Å²) in [6.07, 6.45) is 10.8. The summed E-state index contributed by atoms with van der Waals surface area (Å²) in [5.74, 6) is -3.02. The monoisotopic (exact) mass is 798 g/mol. The molecule has 58 heavy (non-hydrogen) atoms. The van der Waals surface area contributed by atoms with Crippen LogP contribution in [-0.2, 0) is 4.74 Å². The van der Waals surface area contributed by atoms with Crippen LogP contribution < -0.4 is 9.47 Å². The highest BCUT2D eigenvalue weighted by Crippen LogP contribution is 2.38. The van der Waals surface area contributed by atoms with Crippen LogP contribution in [0, 0.1) is 23.3 Å². The summed E-state index contributed by atoms with van der Waals surface area (Å²) >= 11 is 0. The van der Waals surface area contributed by atoms with Gasteiger partial charge in [0.1, 0.15) is 34.8 Å². The van der Waals surface area contributed by atoms with Crippen molar-refractivity contribution >= 4 is 11.9 Å². The summed E-state index contributed by atoms with van der Waals surface area (Å²) in [7, 11) is 0. The van der Waals surface area contributed by atoms with E-state index in [2.05, 4.69) is 6.92 Å². The molecule has 0 radical (unpaired) electrons. The van der Waals surface area contributed by atoms with Crippen LogP contribution in [0.4, 0.5) is 17.6 Å². The van der Waals surface area contributed by atoms with Gasteiger partial charge in [-0.15, -0.1) is 0 Å². The molecular weight excluding hydrogens is 749 g/mol. The summed E-state index contributed by atoms with van der Waals surface area (Å²) < 4.78 is 71.6. The van der Waals surface area contributed by atoms with Gasteiger partial charge in [0.05, 0.1) is 23.8 Å². The summed E-state index contributed by atoms with van der Waals surface area (Å²) in [4.78, 5) is 24.0. The van der Waals surface area contributed by atoms with Gasteiger partial charge in [-0.3, -0.25) is 0 Å². The van der Waals surface area contributed by atoms with E-state index >= 15 is 0 Å². The van der Waals surface area contributed by atoms with Gasteiger partial charge in [0.25, 0.3) is 0 Å². The van der Waals surface area contributed by atoms with Crippen molar-refractivity contribution in [3.05, 3.63) is 143 Å². The molecule has 0 heterocycles. The van der Waals surface area contributed by atoms with Crippen LogP contribution >= 0.6 is 0 Å². The van der Waals surface area contributed by atoms with Gasteiger partial charge < -0.3 is 19.3 Å². The maximum absolute atomic E-state index is 14.5. The van der Waals surface area contributed by atoms with Crippen molar-refractivity contribution in [3.8, 4) is 33.8 Å². The highest BCUT2D eigenvalue weighted by atomic mass is 19.1. The molecule has 0 bridgehead atoms. The smallest absolute Gasteiger partial charge is 0.346 e. The van der Waals surface area contributed by atoms with Gasteiger partial charge in [0.2, 0.25) is 0 Å².